The third-order valence-electron chi connectivity index (χ3n) is 16.5. The van der Waals surface area contributed by atoms with Crippen LogP contribution in [0.4, 0.5) is 16.2 Å². The van der Waals surface area contributed by atoms with Crippen LogP contribution in [0.3, 0.4) is 0 Å². The summed E-state index contributed by atoms with van der Waals surface area (Å²) in [6, 6.07) is 23.4. The van der Waals surface area contributed by atoms with E-state index < -0.39 is 76.6 Å². The fourth-order valence-electron chi connectivity index (χ4n) is 11.3. The second kappa shape index (κ2) is 30.9. The van der Waals surface area contributed by atoms with Crippen molar-refractivity contribution in [3.63, 3.8) is 0 Å². The second-order valence-corrected chi connectivity index (χ2v) is 25.6. The molecule has 2 heterocycles. The third-order valence-corrected chi connectivity index (χ3v) is 16.5. The van der Waals surface area contributed by atoms with Crippen LogP contribution in [0.1, 0.15) is 135 Å². The summed E-state index contributed by atoms with van der Waals surface area (Å²) in [5.41, 5.74) is 10.3. The maximum absolute atomic E-state index is 14.4. The van der Waals surface area contributed by atoms with E-state index in [2.05, 4.69) is 38.4 Å². The highest BCUT2D eigenvalue weighted by molar-refractivity contribution is 6.00. The van der Waals surface area contributed by atoms with Crippen molar-refractivity contribution in [1.29, 1.82) is 0 Å². The number of fused-ring (bicyclic) bond motifs is 3. The summed E-state index contributed by atoms with van der Waals surface area (Å²) in [5, 5.41) is 24.9. The number of urea groups is 1. The predicted molar refractivity (Wildman–Crippen MR) is 348 cm³/mol. The Kier molecular flexibility index (Phi) is 24.0. The topological polar surface area (TPSA) is 281 Å². The molecule has 7 amide bonds. The number of benzene rings is 4. The van der Waals surface area contributed by atoms with E-state index >= 15 is 0 Å². The summed E-state index contributed by atoms with van der Waals surface area (Å²) in [6.45, 7) is 18.8. The van der Waals surface area contributed by atoms with Gasteiger partial charge in [0.05, 0.1) is 36.8 Å². The Morgan fingerprint density at radius 1 is 0.800 bits per heavy atom. The first-order chi connectivity index (χ1) is 42.4. The van der Waals surface area contributed by atoms with Crippen molar-refractivity contribution < 1.29 is 53.0 Å². The number of hydrogen-bond donors (Lipinski definition) is 7. The molecule has 0 radical (unpaired) electrons. The predicted octanol–water partition coefficient (Wildman–Crippen LogP) is 8.20. The Morgan fingerprint density at radius 2 is 1.44 bits per heavy atom. The number of aliphatic carboxylic acids is 1. The van der Waals surface area contributed by atoms with Gasteiger partial charge in [-0.1, -0.05) is 135 Å². The van der Waals surface area contributed by atoms with E-state index in [0.29, 0.717) is 34.5 Å². The normalized spacial score (nSPS) is 14.0. The van der Waals surface area contributed by atoms with E-state index in [4.69, 9.17) is 10.5 Å². The van der Waals surface area contributed by atoms with Gasteiger partial charge in [-0.2, -0.15) is 0 Å². The quantitative estimate of drug-likeness (QED) is 0.0108. The molecule has 0 aliphatic carbocycles. The number of nitrogens with two attached hydrogens (primary N) is 1. The van der Waals surface area contributed by atoms with Gasteiger partial charge in [-0.05, 0) is 103 Å². The number of hydrogen-bond acceptors (Lipinski definition) is 11. The van der Waals surface area contributed by atoms with Crippen molar-refractivity contribution in [2.75, 3.05) is 30.9 Å². The van der Waals surface area contributed by atoms with Gasteiger partial charge in [-0.3, -0.25) is 33.6 Å². The van der Waals surface area contributed by atoms with Gasteiger partial charge in [0.1, 0.15) is 12.6 Å². The van der Waals surface area contributed by atoms with Crippen LogP contribution in [0.25, 0.3) is 10.9 Å². The van der Waals surface area contributed by atoms with E-state index in [1.54, 1.807) is 63.2 Å². The molecular weight excluding hydrogens is 1140 g/mol. The number of anilines is 2. The molecule has 6 rings (SSSR count). The van der Waals surface area contributed by atoms with Crippen LogP contribution in [0, 0.1) is 35.0 Å². The van der Waals surface area contributed by atoms with Crippen LogP contribution >= 0.6 is 0 Å². The number of carboxylic acid groups (broad SMARTS) is 1. The second-order valence-electron chi connectivity index (χ2n) is 25.6. The summed E-state index contributed by atoms with van der Waals surface area (Å²) in [6.07, 6.45) is 3.48. The molecule has 20 heteroatoms. The lowest BCUT2D eigenvalue weighted by Crippen LogP contribution is -2.61. The lowest BCUT2D eigenvalue weighted by atomic mass is 9.76. The fraction of sp³-hybridized carbons (Fsp3) is 0.443. The fourth-order valence-corrected chi connectivity index (χ4v) is 11.3. The maximum Gasteiger partial charge on any atom is 0.331 e. The first-order valence-electron chi connectivity index (χ1n) is 30.6. The van der Waals surface area contributed by atoms with Crippen LogP contribution < -0.4 is 37.2 Å². The van der Waals surface area contributed by atoms with Crippen LogP contribution in [0.2, 0.25) is 0 Å². The number of aryl methyl sites for hydroxylation is 1. The number of ketones is 1. The zero-order chi connectivity index (χ0) is 66.4. The number of nitrogens with zero attached hydrogens (tertiary/aromatic N) is 3. The highest BCUT2D eigenvalue weighted by Gasteiger charge is 2.43. The minimum atomic E-state index is -1.08. The van der Waals surface area contributed by atoms with Gasteiger partial charge < -0.3 is 56.5 Å². The number of Topliss-reactive ketones (excluding diaryl/α,β-unsaturated/α-hetero) is 1. The number of aromatic nitrogens is 1. The highest BCUT2D eigenvalue weighted by Crippen LogP contribution is 2.36. The van der Waals surface area contributed by atoms with Crippen molar-refractivity contribution in [3.8, 4) is 11.8 Å². The number of nitrogens with one attached hydrogen (secondary N) is 5. The highest BCUT2D eigenvalue weighted by atomic mass is 16.5. The van der Waals surface area contributed by atoms with Crippen molar-refractivity contribution in [3.05, 3.63) is 142 Å². The van der Waals surface area contributed by atoms with E-state index in [1.165, 1.54) is 11.8 Å². The monoisotopic (exact) mass is 1230 g/mol. The standard InChI is InChI=1S/C70H89N9O11/c1-42(2)55(35-44(5)67(87)88)78(13)66(86)63(69(6,7)8)76-65(85)62(72-11)70(9,10)53-40-77(12)56-36-46(26-31-52(53)56)37-60(83)90-41-45-24-29-51(30-25-45)74-64(84)49(22-18-34-73-68(71)89)38-57(80)61(43(3)4)75-58(81)32-33-59(82)79-39-50-21-15-14-19-47(50)27-28-48-20-16-17-23-54(48)79/h14-17,19-21,23-26,29-31,35-36,40,42-43,49,55,61-63,72H,18,22,32-34,37-39,41H2,1-13H3,(H,74,84)(H,75,81)(H,76,85)(H,87,88)(H3,71,73,89)/b44-35+/t49-,55-,61+,62+,63-/m1/s1. The Balaban J connectivity index is 1.05. The Hall–Kier alpha value is -9.09. The number of ether oxygens (including phenoxy) is 1. The number of likely N-dealkylation sites (N-methyl/N-ethyl adjacent to an activating group) is 2. The number of carbonyl (C=O) groups is 9. The van der Waals surface area contributed by atoms with Gasteiger partial charge in [-0.25, -0.2) is 9.59 Å². The molecule has 0 bridgehead atoms. The van der Waals surface area contributed by atoms with Crippen molar-refractivity contribution in [1.82, 2.24) is 30.7 Å². The average molecular weight is 1230 g/mol. The minimum absolute atomic E-state index is 0.0357. The molecule has 20 nitrogen and oxygen atoms in total. The molecule has 0 saturated carbocycles. The molecule has 0 unspecified atom stereocenters. The Labute approximate surface area is 528 Å². The van der Waals surface area contributed by atoms with Crippen molar-refractivity contribution in [2.45, 2.75) is 150 Å². The molecular formula is C70H89N9O11. The summed E-state index contributed by atoms with van der Waals surface area (Å²) in [4.78, 5) is 124. The third kappa shape index (κ3) is 18.3. The molecule has 8 N–H and O–H groups in total. The van der Waals surface area contributed by atoms with Crippen molar-refractivity contribution >= 4 is 75.6 Å². The molecule has 1 aliphatic heterocycles. The first kappa shape index (κ1) is 70.0. The molecule has 0 fully saturated rings. The lowest BCUT2D eigenvalue weighted by Gasteiger charge is -2.39. The van der Waals surface area contributed by atoms with Crippen LogP contribution in [0.5, 0.6) is 0 Å². The van der Waals surface area contributed by atoms with Gasteiger partial charge in [0, 0.05) is 90.7 Å². The van der Waals surface area contributed by atoms with E-state index in [1.807, 2.05) is 133 Å². The lowest BCUT2D eigenvalue weighted by molar-refractivity contribution is -0.144. The summed E-state index contributed by atoms with van der Waals surface area (Å²) >= 11 is 0. The molecule has 0 saturated heterocycles. The minimum Gasteiger partial charge on any atom is -0.478 e. The molecule has 4 aromatic carbocycles. The van der Waals surface area contributed by atoms with Gasteiger partial charge in [0.25, 0.3) is 0 Å². The van der Waals surface area contributed by atoms with Crippen LogP contribution in [-0.2, 0) is 75.1 Å². The number of rotatable bonds is 28. The molecule has 5 atom stereocenters. The molecule has 480 valence electrons. The van der Waals surface area contributed by atoms with E-state index in [9.17, 15) is 48.3 Å². The maximum atomic E-state index is 14.4. The zero-order valence-corrected chi connectivity index (χ0v) is 54.2. The van der Waals surface area contributed by atoms with E-state index in [-0.39, 0.29) is 86.8 Å². The molecule has 0 spiro atoms. The van der Waals surface area contributed by atoms with Gasteiger partial charge in [0.15, 0.2) is 5.78 Å². The smallest absolute Gasteiger partial charge is 0.331 e. The molecule has 1 aromatic heterocycles. The number of amides is 7. The number of carboxylic acids is 1. The molecule has 5 aromatic rings. The number of primary amides is 1. The zero-order valence-electron chi connectivity index (χ0n) is 54.2. The SMILES string of the molecule is CN[C@@H](C(=O)N[C@H](C(=O)N(C)[C@H](/C=C(\C)C(=O)O)C(C)C)C(C)(C)C)C(C)(C)c1cn(C)c2cc(CC(=O)OCc3ccc(NC(=O)[C@H](CCCNC(N)=O)CC(=O)[C@@H](NC(=O)CCC(=O)N4Cc5ccccc5C#Cc5ccccc54)C(C)C)cc3)ccc12. The van der Waals surface area contributed by atoms with Crippen molar-refractivity contribution in [2.24, 2.45) is 36.0 Å². The number of para-hydroxylation sites is 1. The van der Waals surface area contributed by atoms with Crippen LogP contribution in [0.15, 0.2) is 109 Å². The first-order valence-corrected chi connectivity index (χ1v) is 30.6. The average Bonchev–Trinajstić information content (AvgIpc) is 1.57. The summed E-state index contributed by atoms with van der Waals surface area (Å²) in [7, 11) is 5.20. The van der Waals surface area contributed by atoms with Crippen LogP contribution in [-0.4, -0.2) is 113 Å². The summed E-state index contributed by atoms with van der Waals surface area (Å²) in [5.74, 6) is 1.15. The van der Waals surface area contributed by atoms with Gasteiger partial charge in [-0.15, -0.1) is 0 Å². The van der Waals surface area contributed by atoms with Gasteiger partial charge in [0.2, 0.25) is 29.5 Å². The Morgan fingerprint density at radius 3 is 2.08 bits per heavy atom. The number of esters is 1. The largest absolute Gasteiger partial charge is 0.478 e. The molecule has 1 aliphatic rings. The number of carbonyl (C=O) groups excluding carboxylic acids is 8. The summed E-state index contributed by atoms with van der Waals surface area (Å²) < 4.78 is 7.64. The van der Waals surface area contributed by atoms with Gasteiger partial charge >= 0.3 is 18.0 Å². The molecule has 90 heavy (non-hydrogen) atoms. The van der Waals surface area contributed by atoms with E-state index in [0.717, 1.165) is 27.6 Å². The Bertz CT molecular complexity index is 3570.